The van der Waals surface area contributed by atoms with Gasteiger partial charge in [-0.05, 0) is 101 Å². The molecule has 2 aromatic rings. The second kappa shape index (κ2) is 8.68. The van der Waals surface area contributed by atoms with Gasteiger partial charge in [-0.25, -0.2) is 8.42 Å². The minimum absolute atomic E-state index is 0.257. The summed E-state index contributed by atoms with van der Waals surface area (Å²) in [7, 11) is -3.51. The molecule has 162 valence electrons. The third-order valence-electron chi connectivity index (χ3n) is 5.26. The van der Waals surface area contributed by atoms with Crippen molar-refractivity contribution in [1.29, 1.82) is 0 Å². The van der Waals surface area contributed by atoms with E-state index in [1.54, 1.807) is 45.0 Å². The molecule has 30 heavy (non-hydrogen) atoms. The molecule has 0 heterocycles. The number of hydrogen-bond acceptors (Lipinski definition) is 4. The Hall–Kier alpha value is -2.54. The van der Waals surface area contributed by atoms with Gasteiger partial charge >= 0.3 is 0 Å². The SMILES string of the molecule is Cc1cc(OC2CCCC2)ccc1NC(=O)c1ccc(NS(=O)(=O)C(C)(C)C)cc1. The highest BCUT2D eigenvalue weighted by atomic mass is 32.2. The van der Waals surface area contributed by atoms with Gasteiger partial charge < -0.3 is 10.1 Å². The van der Waals surface area contributed by atoms with Crippen molar-refractivity contribution in [3.05, 3.63) is 53.6 Å². The number of aryl methyl sites for hydroxylation is 1. The third kappa shape index (κ3) is 5.33. The standard InChI is InChI=1S/C23H30N2O4S/c1-16-15-20(29-19-7-5-6-8-19)13-14-21(16)24-22(26)17-9-11-18(12-10-17)25-30(27,28)23(2,3)4/h9-15,19,25H,5-8H2,1-4H3,(H,24,26). The molecule has 1 aliphatic carbocycles. The number of sulfonamides is 1. The molecular weight excluding hydrogens is 400 g/mol. The first-order valence-electron chi connectivity index (χ1n) is 10.3. The first-order valence-corrected chi connectivity index (χ1v) is 11.7. The van der Waals surface area contributed by atoms with E-state index >= 15 is 0 Å². The Morgan fingerprint density at radius 1 is 1.03 bits per heavy atom. The molecule has 1 fully saturated rings. The van der Waals surface area contributed by atoms with E-state index in [1.807, 2.05) is 25.1 Å². The van der Waals surface area contributed by atoms with Gasteiger partial charge in [0.1, 0.15) is 5.75 Å². The molecule has 0 unspecified atom stereocenters. The monoisotopic (exact) mass is 430 g/mol. The molecule has 6 nitrogen and oxygen atoms in total. The van der Waals surface area contributed by atoms with Crippen LogP contribution in [0.1, 0.15) is 62.4 Å². The Balaban J connectivity index is 1.64. The molecule has 1 amide bonds. The van der Waals surface area contributed by atoms with Crippen LogP contribution in [-0.4, -0.2) is 25.2 Å². The van der Waals surface area contributed by atoms with E-state index in [-0.39, 0.29) is 5.91 Å². The van der Waals surface area contributed by atoms with Gasteiger partial charge in [0.2, 0.25) is 10.0 Å². The maximum Gasteiger partial charge on any atom is 0.255 e. The highest BCUT2D eigenvalue weighted by Gasteiger charge is 2.28. The minimum Gasteiger partial charge on any atom is -0.490 e. The summed E-state index contributed by atoms with van der Waals surface area (Å²) in [6.07, 6.45) is 4.92. The van der Waals surface area contributed by atoms with Crippen LogP contribution in [0.25, 0.3) is 0 Å². The first-order chi connectivity index (χ1) is 14.0. The van der Waals surface area contributed by atoms with Crippen molar-refractivity contribution in [2.75, 3.05) is 10.0 Å². The first kappa shape index (κ1) is 22.2. The van der Waals surface area contributed by atoms with Crippen LogP contribution in [-0.2, 0) is 10.0 Å². The zero-order valence-corrected chi connectivity index (χ0v) is 18.8. The van der Waals surface area contributed by atoms with Crippen LogP contribution < -0.4 is 14.8 Å². The van der Waals surface area contributed by atoms with Crippen LogP contribution in [0.4, 0.5) is 11.4 Å². The minimum atomic E-state index is -3.51. The van der Waals surface area contributed by atoms with Gasteiger partial charge in [-0.2, -0.15) is 0 Å². The van der Waals surface area contributed by atoms with Crippen LogP contribution in [0.15, 0.2) is 42.5 Å². The molecule has 0 aromatic heterocycles. The molecule has 0 bridgehead atoms. The van der Waals surface area contributed by atoms with Crippen LogP contribution >= 0.6 is 0 Å². The van der Waals surface area contributed by atoms with E-state index in [2.05, 4.69) is 10.0 Å². The van der Waals surface area contributed by atoms with Gasteiger partial charge in [-0.1, -0.05) is 0 Å². The number of benzene rings is 2. The van der Waals surface area contributed by atoms with Crippen LogP contribution in [0.5, 0.6) is 5.75 Å². The van der Waals surface area contributed by atoms with Gasteiger partial charge in [-0.15, -0.1) is 0 Å². The number of nitrogens with one attached hydrogen (secondary N) is 2. The van der Waals surface area contributed by atoms with E-state index in [4.69, 9.17) is 4.74 Å². The summed E-state index contributed by atoms with van der Waals surface area (Å²) >= 11 is 0. The molecule has 2 N–H and O–H groups in total. The van der Waals surface area contributed by atoms with Gasteiger partial charge in [-0.3, -0.25) is 9.52 Å². The second-order valence-corrected chi connectivity index (χ2v) is 11.2. The van der Waals surface area contributed by atoms with E-state index in [9.17, 15) is 13.2 Å². The van der Waals surface area contributed by atoms with Crippen LogP contribution in [0, 0.1) is 6.92 Å². The van der Waals surface area contributed by atoms with Crippen LogP contribution in [0.3, 0.4) is 0 Å². The molecule has 1 aliphatic rings. The Morgan fingerprint density at radius 3 is 2.23 bits per heavy atom. The number of anilines is 2. The fourth-order valence-corrected chi connectivity index (χ4v) is 3.99. The lowest BCUT2D eigenvalue weighted by atomic mass is 10.1. The van der Waals surface area contributed by atoms with Crippen molar-refractivity contribution in [1.82, 2.24) is 0 Å². The Morgan fingerprint density at radius 2 is 1.67 bits per heavy atom. The Bertz CT molecular complexity index is 1000. The van der Waals surface area contributed by atoms with Crippen molar-refractivity contribution in [3.8, 4) is 5.75 Å². The number of carbonyl (C=O) groups excluding carboxylic acids is 1. The maximum absolute atomic E-state index is 12.6. The molecule has 0 aliphatic heterocycles. The van der Waals surface area contributed by atoms with Crippen LogP contribution in [0.2, 0.25) is 0 Å². The molecule has 1 saturated carbocycles. The van der Waals surface area contributed by atoms with Gasteiger partial charge in [0.05, 0.1) is 10.9 Å². The molecule has 0 radical (unpaired) electrons. The summed E-state index contributed by atoms with van der Waals surface area (Å²) in [5.74, 6) is 0.570. The fraction of sp³-hybridized carbons (Fsp3) is 0.435. The molecule has 0 saturated heterocycles. The van der Waals surface area contributed by atoms with Gasteiger partial charge in [0.25, 0.3) is 5.91 Å². The topological polar surface area (TPSA) is 84.5 Å². The molecule has 7 heteroatoms. The smallest absolute Gasteiger partial charge is 0.255 e. The number of carbonyl (C=O) groups is 1. The number of amides is 1. The third-order valence-corrected chi connectivity index (χ3v) is 7.37. The Kier molecular flexibility index (Phi) is 6.41. The molecule has 0 spiro atoms. The zero-order valence-electron chi connectivity index (χ0n) is 18.0. The summed E-state index contributed by atoms with van der Waals surface area (Å²) in [6, 6.07) is 12.0. The molecular formula is C23H30N2O4S. The van der Waals surface area contributed by atoms with E-state index in [0.717, 1.165) is 29.8 Å². The van der Waals surface area contributed by atoms with Crippen molar-refractivity contribution < 1.29 is 17.9 Å². The van der Waals surface area contributed by atoms with Crippen molar-refractivity contribution in [2.45, 2.75) is 64.2 Å². The summed E-state index contributed by atoms with van der Waals surface area (Å²) in [5, 5.41) is 2.91. The van der Waals surface area contributed by atoms with E-state index in [1.165, 1.54) is 12.8 Å². The predicted octanol–water partition coefficient (Wildman–Crippen LogP) is 5.11. The van der Waals surface area contributed by atoms with Gasteiger partial charge in [0, 0.05) is 16.9 Å². The number of hydrogen-bond donors (Lipinski definition) is 2. The maximum atomic E-state index is 12.6. The largest absolute Gasteiger partial charge is 0.490 e. The lowest BCUT2D eigenvalue weighted by Gasteiger charge is -2.20. The van der Waals surface area contributed by atoms with E-state index < -0.39 is 14.8 Å². The predicted molar refractivity (Wildman–Crippen MR) is 121 cm³/mol. The zero-order chi connectivity index (χ0) is 21.9. The quantitative estimate of drug-likeness (QED) is 0.667. The van der Waals surface area contributed by atoms with Crippen molar-refractivity contribution in [2.24, 2.45) is 0 Å². The number of ether oxygens (including phenoxy) is 1. The fourth-order valence-electron chi connectivity index (χ4n) is 3.24. The normalized spacial score (nSPS) is 15.1. The Labute approximate surface area is 179 Å². The van der Waals surface area contributed by atoms with Crippen molar-refractivity contribution >= 4 is 27.3 Å². The lowest BCUT2D eigenvalue weighted by molar-refractivity contribution is 0.102. The molecule has 2 aromatic carbocycles. The van der Waals surface area contributed by atoms with E-state index in [0.29, 0.717) is 17.4 Å². The summed E-state index contributed by atoms with van der Waals surface area (Å²) in [6.45, 7) is 6.82. The van der Waals surface area contributed by atoms with Gasteiger partial charge in [0.15, 0.2) is 0 Å². The lowest BCUT2D eigenvalue weighted by Crippen LogP contribution is -2.33. The highest BCUT2D eigenvalue weighted by molar-refractivity contribution is 7.94. The number of rotatable bonds is 6. The second-order valence-electron chi connectivity index (χ2n) is 8.75. The molecule has 3 rings (SSSR count). The summed E-state index contributed by atoms with van der Waals surface area (Å²) in [4.78, 5) is 12.6. The summed E-state index contributed by atoms with van der Waals surface area (Å²) in [5.41, 5.74) is 2.51. The summed E-state index contributed by atoms with van der Waals surface area (Å²) < 4.78 is 32.1. The average Bonchev–Trinajstić information content (AvgIpc) is 3.16. The average molecular weight is 431 g/mol. The van der Waals surface area contributed by atoms with Crippen molar-refractivity contribution in [3.63, 3.8) is 0 Å². The molecule has 0 atom stereocenters. The highest BCUT2D eigenvalue weighted by Crippen LogP contribution is 2.27.